The minimum absolute atomic E-state index is 0.0160. The molecule has 1 atom stereocenters. The SMILES string of the molecule is COc1cccc([C@H](CNS(=O)(=O)c2ccc(C)cc2)Cc2ccccc2)c1. The summed E-state index contributed by atoms with van der Waals surface area (Å²) in [4.78, 5) is 0.280. The highest BCUT2D eigenvalue weighted by Crippen LogP contribution is 2.25. The Morgan fingerprint density at radius 2 is 1.64 bits per heavy atom. The highest BCUT2D eigenvalue weighted by atomic mass is 32.2. The van der Waals surface area contributed by atoms with Crippen LogP contribution in [0.5, 0.6) is 5.75 Å². The van der Waals surface area contributed by atoms with Gasteiger partial charge in [0.05, 0.1) is 12.0 Å². The van der Waals surface area contributed by atoms with Crippen LogP contribution in [0.4, 0.5) is 0 Å². The first-order valence-electron chi connectivity index (χ1n) is 9.22. The second-order valence-electron chi connectivity index (χ2n) is 6.83. The number of methoxy groups -OCH3 is 1. The molecule has 0 bridgehead atoms. The second kappa shape index (κ2) is 9.04. The van der Waals surface area contributed by atoms with Crippen molar-refractivity contribution in [3.8, 4) is 5.75 Å². The molecule has 146 valence electrons. The van der Waals surface area contributed by atoms with Gasteiger partial charge in [0.2, 0.25) is 10.0 Å². The third-order valence-corrected chi connectivity index (χ3v) is 6.18. The number of aryl methyl sites for hydroxylation is 1. The molecule has 0 saturated heterocycles. The van der Waals surface area contributed by atoms with Gasteiger partial charge in [0.15, 0.2) is 0 Å². The van der Waals surface area contributed by atoms with Crippen LogP contribution in [0.1, 0.15) is 22.6 Å². The molecule has 0 radical (unpaired) electrons. The molecule has 28 heavy (non-hydrogen) atoms. The number of ether oxygens (including phenoxy) is 1. The zero-order chi connectivity index (χ0) is 20.0. The van der Waals surface area contributed by atoms with E-state index in [9.17, 15) is 8.42 Å². The molecule has 0 heterocycles. The quantitative estimate of drug-likeness (QED) is 0.618. The molecule has 0 aliphatic carbocycles. The van der Waals surface area contributed by atoms with Crippen LogP contribution in [0.3, 0.4) is 0 Å². The molecule has 0 aliphatic heterocycles. The zero-order valence-corrected chi connectivity index (χ0v) is 16.9. The number of sulfonamides is 1. The van der Waals surface area contributed by atoms with Crippen LogP contribution >= 0.6 is 0 Å². The van der Waals surface area contributed by atoms with Gasteiger partial charge in [-0.3, -0.25) is 0 Å². The summed E-state index contributed by atoms with van der Waals surface area (Å²) >= 11 is 0. The molecule has 0 amide bonds. The van der Waals surface area contributed by atoms with E-state index in [0.29, 0.717) is 6.54 Å². The van der Waals surface area contributed by atoms with Crippen molar-refractivity contribution in [3.05, 3.63) is 95.6 Å². The van der Waals surface area contributed by atoms with E-state index in [2.05, 4.69) is 16.9 Å². The van der Waals surface area contributed by atoms with Crippen LogP contribution < -0.4 is 9.46 Å². The van der Waals surface area contributed by atoms with Crippen molar-refractivity contribution >= 4 is 10.0 Å². The lowest BCUT2D eigenvalue weighted by atomic mass is 9.92. The maximum Gasteiger partial charge on any atom is 0.240 e. The first kappa shape index (κ1) is 20.1. The molecule has 0 saturated carbocycles. The molecule has 3 rings (SSSR count). The Hall–Kier alpha value is -2.63. The fourth-order valence-electron chi connectivity index (χ4n) is 3.11. The summed E-state index contributed by atoms with van der Waals surface area (Å²) in [6.07, 6.45) is 0.727. The highest BCUT2D eigenvalue weighted by Gasteiger charge is 2.19. The van der Waals surface area contributed by atoms with Gasteiger partial charge in [-0.1, -0.05) is 60.2 Å². The average molecular weight is 396 g/mol. The monoisotopic (exact) mass is 395 g/mol. The number of benzene rings is 3. The molecule has 5 heteroatoms. The van der Waals surface area contributed by atoms with Gasteiger partial charge in [-0.05, 0) is 48.7 Å². The largest absolute Gasteiger partial charge is 0.497 e. The normalized spacial score (nSPS) is 12.5. The lowest BCUT2D eigenvalue weighted by Gasteiger charge is -2.19. The van der Waals surface area contributed by atoms with Crippen LogP contribution in [0.25, 0.3) is 0 Å². The molecule has 0 aromatic heterocycles. The molecule has 3 aromatic carbocycles. The first-order valence-corrected chi connectivity index (χ1v) is 10.7. The topological polar surface area (TPSA) is 55.4 Å². The molecule has 0 unspecified atom stereocenters. The van der Waals surface area contributed by atoms with E-state index in [0.717, 1.165) is 28.9 Å². The molecular formula is C23H25NO3S. The summed E-state index contributed by atoms with van der Waals surface area (Å²) < 4.78 is 33.6. The molecule has 0 fully saturated rings. The summed E-state index contributed by atoms with van der Waals surface area (Å²) in [5.74, 6) is 0.745. The van der Waals surface area contributed by atoms with Crippen molar-refractivity contribution in [2.45, 2.75) is 24.2 Å². The molecule has 4 nitrogen and oxygen atoms in total. The Bertz CT molecular complexity index is 1000. The summed E-state index contributed by atoms with van der Waals surface area (Å²) in [5, 5.41) is 0. The van der Waals surface area contributed by atoms with Crippen LogP contribution in [-0.4, -0.2) is 22.1 Å². The van der Waals surface area contributed by atoms with Gasteiger partial charge in [-0.25, -0.2) is 13.1 Å². The van der Waals surface area contributed by atoms with Crippen LogP contribution in [0.2, 0.25) is 0 Å². The van der Waals surface area contributed by atoms with E-state index in [1.165, 1.54) is 0 Å². The predicted octanol–water partition coefficient (Wildman–Crippen LogP) is 4.31. The van der Waals surface area contributed by atoms with E-state index < -0.39 is 10.0 Å². The van der Waals surface area contributed by atoms with E-state index >= 15 is 0 Å². The Morgan fingerprint density at radius 1 is 0.929 bits per heavy atom. The maximum absolute atomic E-state index is 12.7. The Balaban J connectivity index is 1.83. The van der Waals surface area contributed by atoms with E-state index in [-0.39, 0.29) is 10.8 Å². The van der Waals surface area contributed by atoms with Gasteiger partial charge >= 0.3 is 0 Å². The number of nitrogens with one attached hydrogen (secondary N) is 1. The van der Waals surface area contributed by atoms with E-state index in [4.69, 9.17) is 4.74 Å². The number of rotatable bonds is 8. The maximum atomic E-state index is 12.7. The highest BCUT2D eigenvalue weighted by molar-refractivity contribution is 7.89. The lowest BCUT2D eigenvalue weighted by molar-refractivity contribution is 0.413. The van der Waals surface area contributed by atoms with Crippen molar-refractivity contribution in [2.75, 3.05) is 13.7 Å². The molecule has 3 aromatic rings. The number of hydrogen-bond donors (Lipinski definition) is 1. The summed E-state index contributed by atoms with van der Waals surface area (Å²) in [6.45, 7) is 2.24. The second-order valence-corrected chi connectivity index (χ2v) is 8.60. The summed E-state index contributed by atoms with van der Waals surface area (Å²) in [6, 6.07) is 24.8. The van der Waals surface area contributed by atoms with Gasteiger partial charge < -0.3 is 4.74 Å². The summed E-state index contributed by atoms with van der Waals surface area (Å²) in [7, 11) is -1.94. The van der Waals surface area contributed by atoms with Gasteiger partial charge in [0, 0.05) is 12.5 Å². The third kappa shape index (κ3) is 5.21. The minimum atomic E-state index is -3.57. The fraction of sp³-hybridized carbons (Fsp3) is 0.217. The van der Waals surface area contributed by atoms with Crippen molar-refractivity contribution in [1.82, 2.24) is 4.72 Å². The summed E-state index contributed by atoms with van der Waals surface area (Å²) in [5.41, 5.74) is 3.22. The van der Waals surface area contributed by atoms with Crippen molar-refractivity contribution in [3.63, 3.8) is 0 Å². The van der Waals surface area contributed by atoms with E-state index in [1.54, 1.807) is 31.4 Å². The lowest BCUT2D eigenvalue weighted by Crippen LogP contribution is -2.29. The molecule has 0 spiro atoms. The van der Waals surface area contributed by atoms with Crippen molar-refractivity contribution in [2.24, 2.45) is 0 Å². The predicted molar refractivity (Wildman–Crippen MR) is 112 cm³/mol. The van der Waals surface area contributed by atoms with Crippen molar-refractivity contribution < 1.29 is 13.2 Å². The third-order valence-electron chi connectivity index (χ3n) is 4.74. The standard InChI is InChI=1S/C23H25NO3S/c1-18-11-13-23(14-12-18)28(25,26)24-17-21(15-19-7-4-3-5-8-19)20-9-6-10-22(16-20)27-2/h3-14,16,21,24H,15,17H2,1-2H3/t21-/m0/s1. The number of hydrogen-bond acceptors (Lipinski definition) is 3. The average Bonchev–Trinajstić information content (AvgIpc) is 2.72. The van der Waals surface area contributed by atoms with Gasteiger partial charge in [0.25, 0.3) is 0 Å². The van der Waals surface area contributed by atoms with Crippen molar-refractivity contribution in [1.29, 1.82) is 0 Å². The zero-order valence-electron chi connectivity index (χ0n) is 16.1. The van der Waals surface area contributed by atoms with E-state index in [1.807, 2.05) is 49.4 Å². The first-order chi connectivity index (χ1) is 13.5. The Morgan fingerprint density at radius 3 is 2.32 bits per heavy atom. The van der Waals surface area contributed by atoms with Gasteiger partial charge in [-0.15, -0.1) is 0 Å². The molecular weight excluding hydrogens is 370 g/mol. The van der Waals surface area contributed by atoms with Gasteiger partial charge in [-0.2, -0.15) is 0 Å². The molecule has 0 aliphatic rings. The Kier molecular flexibility index (Phi) is 6.49. The van der Waals surface area contributed by atoms with Gasteiger partial charge in [0.1, 0.15) is 5.75 Å². The molecule has 1 N–H and O–H groups in total. The fourth-order valence-corrected chi connectivity index (χ4v) is 4.19. The smallest absolute Gasteiger partial charge is 0.240 e. The van der Waals surface area contributed by atoms with Crippen LogP contribution in [-0.2, 0) is 16.4 Å². The van der Waals surface area contributed by atoms with Crippen LogP contribution in [0, 0.1) is 6.92 Å². The van der Waals surface area contributed by atoms with Crippen LogP contribution in [0.15, 0.2) is 83.8 Å². The Labute approximate surface area is 167 Å². The minimum Gasteiger partial charge on any atom is -0.497 e.